The summed E-state index contributed by atoms with van der Waals surface area (Å²) < 4.78 is 3.67. The van der Waals surface area contributed by atoms with E-state index in [-0.39, 0.29) is 0 Å². The molecule has 0 spiro atoms. The molecule has 146 valence electrons. The number of aryl methyl sites for hydroxylation is 1. The number of halogens is 1. The third kappa shape index (κ3) is 7.27. The minimum absolute atomic E-state index is 0.522. The summed E-state index contributed by atoms with van der Waals surface area (Å²) in [5.41, 5.74) is 0.522. The van der Waals surface area contributed by atoms with Crippen LogP contribution in [-0.4, -0.2) is 4.57 Å². The summed E-state index contributed by atoms with van der Waals surface area (Å²) in [4.78, 5) is 0. The topological polar surface area (TPSA) is 4.93 Å². The largest absolute Gasteiger partial charge is 0.353 e. The zero-order valence-electron chi connectivity index (χ0n) is 17.7. The molecule has 0 aliphatic heterocycles. The van der Waals surface area contributed by atoms with Crippen molar-refractivity contribution >= 4 is 22.6 Å². The average Bonchev–Trinajstić information content (AvgIpc) is 2.93. The Morgan fingerprint density at radius 1 is 0.800 bits per heavy atom. The van der Waals surface area contributed by atoms with Gasteiger partial charge in [-0.3, -0.25) is 0 Å². The van der Waals surface area contributed by atoms with Gasteiger partial charge in [-0.05, 0) is 64.7 Å². The molecule has 0 bridgehead atoms. The summed E-state index contributed by atoms with van der Waals surface area (Å²) in [6, 6.07) is 2.19. The van der Waals surface area contributed by atoms with E-state index in [2.05, 4.69) is 87.2 Å². The number of aromatic nitrogens is 1. The second-order valence-corrected chi connectivity index (χ2v) is 10.1. The maximum Gasteiger partial charge on any atom is 0.0307 e. The van der Waals surface area contributed by atoms with E-state index in [0.717, 1.165) is 17.8 Å². The van der Waals surface area contributed by atoms with Crippen molar-refractivity contribution in [3.05, 3.63) is 22.0 Å². The number of hydrogen-bond acceptors (Lipinski definition) is 0. The van der Waals surface area contributed by atoms with Gasteiger partial charge in [0.2, 0.25) is 0 Å². The molecule has 1 nitrogen and oxygen atoms in total. The summed E-state index contributed by atoms with van der Waals surface area (Å²) >= 11 is 2.38. The second kappa shape index (κ2) is 11.7. The number of rotatable bonds is 13. The molecule has 0 amide bonds. The van der Waals surface area contributed by atoms with Crippen LogP contribution in [0, 0.1) is 26.7 Å². The van der Waals surface area contributed by atoms with E-state index < -0.39 is 0 Å². The van der Waals surface area contributed by atoms with Crippen LogP contribution in [0.2, 0.25) is 0 Å². The van der Waals surface area contributed by atoms with Gasteiger partial charge >= 0.3 is 0 Å². The zero-order chi connectivity index (χ0) is 18.9. The highest BCUT2D eigenvalue weighted by atomic mass is 127. The quantitative estimate of drug-likeness (QED) is 0.207. The Bertz CT molecular complexity index is 437. The first-order chi connectivity index (χ1) is 11.8. The van der Waals surface area contributed by atoms with Gasteiger partial charge in [-0.15, -0.1) is 0 Å². The van der Waals surface area contributed by atoms with Gasteiger partial charge < -0.3 is 4.57 Å². The van der Waals surface area contributed by atoms with E-state index in [9.17, 15) is 0 Å². The fraction of sp³-hybridized carbons (Fsp3) is 0.826. The number of hydrogen-bond donors (Lipinski definition) is 0. The summed E-state index contributed by atoms with van der Waals surface area (Å²) in [7, 11) is 0. The van der Waals surface area contributed by atoms with Crippen LogP contribution in [0.5, 0.6) is 0 Å². The van der Waals surface area contributed by atoms with Gasteiger partial charge in [0.15, 0.2) is 0 Å². The Hall–Kier alpha value is 0.01000. The molecule has 2 heteroatoms. The predicted octanol–water partition coefficient (Wildman–Crippen LogP) is 8.17. The molecule has 1 aromatic heterocycles. The second-order valence-electron chi connectivity index (χ2n) is 8.87. The minimum Gasteiger partial charge on any atom is -0.353 e. The van der Waals surface area contributed by atoms with Gasteiger partial charge in [0.25, 0.3) is 0 Å². The molecular weight excluding hydrogens is 417 g/mol. The van der Waals surface area contributed by atoms with Crippen LogP contribution in [0.4, 0.5) is 0 Å². The summed E-state index contributed by atoms with van der Waals surface area (Å²) in [6.07, 6.45) is 15.6. The molecular formula is C23H42IN. The van der Waals surface area contributed by atoms with Gasteiger partial charge in [0.1, 0.15) is 0 Å². The molecule has 0 unspecified atom stereocenters. The number of nitrogens with zero attached hydrogens (tertiary/aromatic N) is 1. The first-order valence-corrected chi connectivity index (χ1v) is 11.7. The lowest BCUT2D eigenvalue weighted by molar-refractivity contribution is 0.0356. The lowest BCUT2D eigenvalue weighted by atomic mass is 9.60. The molecule has 0 saturated carbocycles. The molecule has 0 fully saturated rings. The SMILES string of the molecule is CC(C)C(CCCCCCCCCn1ccc(I)c1)(C(C)C)C(C)C. The monoisotopic (exact) mass is 459 g/mol. The Kier molecular flexibility index (Phi) is 10.8. The molecule has 0 saturated heterocycles. The molecule has 25 heavy (non-hydrogen) atoms. The van der Waals surface area contributed by atoms with Crippen molar-refractivity contribution in [2.24, 2.45) is 23.2 Å². The van der Waals surface area contributed by atoms with E-state index in [4.69, 9.17) is 0 Å². The van der Waals surface area contributed by atoms with Crippen LogP contribution in [0.1, 0.15) is 92.9 Å². The molecule has 0 aliphatic carbocycles. The van der Waals surface area contributed by atoms with Crippen LogP contribution in [-0.2, 0) is 6.54 Å². The highest BCUT2D eigenvalue weighted by Gasteiger charge is 2.39. The van der Waals surface area contributed by atoms with Gasteiger partial charge in [-0.2, -0.15) is 0 Å². The van der Waals surface area contributed by atoms with E-state index in [1.807, 2.05) is 0 Å². The van der Waals surface area contributed by atoms with Crippen molar-refractivity contribution in [2.45, 2.75) is 99.5 Å². The van der Waals surface area contributed by atoms with E-state index in [1.54, 1.807) is 0 Å². The van der Waals surface area contributed by atoms with Gasteiger partial charge in [-0.25, -0.2) is 0 Å². The smallest absolute Gasteiger partial charge is 0.0307 e. The molecule has 0 aromatic carbocycles. The van der Waals surface area contributed by atoms with E-state index in [1.165, 1.54) is 61.5 Å². The van der Waals surface area contributed by atoms with Gasteiger partial charge in [0.05, 0.1) is 0 Å². The van der Waals surface area contributed by atoms with Crippen LogP contribution in [0.25, 0.3) is 0 Å². The lowest BCUT2D eigenvalue weighted by Gasteiger charge is -2.45. The molecule has 0 N–H and O–H groups in total. The zero-order valence-corrected chi connectivity index (χ0v) is 19.8. The lowest BCUT2D eigenvalue weighted by Crippen LogP contribution is -2.38. The van der Waals surface area contributed by atoms with Crippen molar-refractivity contribution in [2.75, 3.05) is 0 Å². The number of unbranched alkanes of at least 4 members (excludes halogenated alkanes) is 6. The fourth-order valence-electron chi connectivity index (χ4n) is 5.03. The van der Waals surface area contributed by atoms with Crippen LogP contribution in [0.15, 0.2) is 18.5 Å². The molecule has 1 rings (SSSR count). The summed E-state index contributed by atoms with van der Waals surface area (Å²) in [5.74, 6) is 2.35. The van der Waals surface area contributed by atoms with E-state index >= 15 is 0 Å². The Morgan fingerprint density at radius 3 is 1.72 bits per heavy atom. The Balaban J connectivity index is 2.14. The van der Waals surface area contributed by atoms with Crippen molar-refractivity contribution in [1.29, 1.82) is 0 Å². The minimum atomic E-state index is 0.522. The molecule has 1 heterocycles. The van der Waals surface area contributed by atoms with Crippen molar-refractivity contribution in [3.63, 3.8) is 0 Å². The standard InChI is InChI=1S/C23H42IN/c1-19(2)23(20(3)4,21(5)6)15-12-10-8-7-9-11-13-16-25-17-14-22(24)18-25/h14,17-21H,7-13,15-16H2,1-6H3. The predicted molar refractivity (Wildman–Crippen MR) is 121 cm³/mol. The third-order valence-corrected chi connectivity index (χ3v) is 7.10. The third-order valence-electron chi connectivity index (χ3n) is 6.47. The van der Waals surface area contributed by atoms with Gasteiger partial charge in [0, 0.05) is 22.5 Å². The molecule has 0 aliphatic rings. The highest BCUT2D eigenvalue weighted by molar-refractivity contribution is 14.1. The maximum absolute atomic E-state index is 2.44. The van der Waals surface area contributed by atoms with Crippen LogP contribution >= 0.6 is 22.6 Å². The van der Waals surface area contributed by atoms with Gasteiger partial charge in [-0.1, -0.05) is 80.1 Å². The van der Waals surface area contributed by atoms with Crippen molar-refractivity contribution in [3.8, 4) is 0 Å². The first-order valence-electron chi connectivity index (χ1n) is 10.6. The first kappa shape index (κ1) is 23.0. The molecule has 0 radical (unpaired) electrons. The van der Waals surface area contributed by atoms with E-state index in [0.29, 0.717) is 5.41 Å². The fourth-order valence-corrected chi connectivity index (χ4v) is 5.54. The van der Waals surface area contributed by atoms with Crippen LogP contribution in [0.3, 0.4) is 0 Å². The maximum atomic E-state index is 2.44. The Morgan fingerprint density at radius 2 is 1.28 bits per heavy atom. The van der Waals surface area contributed by atoms with Crippen molar-refractivity contribution < 1.29 is 0 Å². The molecule has 0 atom stereocenters. The summed E-state index contributed by atoms with van der Waals surface area (Å²) in [6.45, 7) is 15.8. The highest BCUT2D eigenvalue weighted by Crippen LogP contribution is 2.47. The molecule has 1 aromatic rings. The van der Waals surface area contributed by atoms with Crippen LogP contribution < -0.4 is 0 Å². The normalized spacial score (nSPS) is 12.7. The van der Waals surface area contributed by atoms with Crippen molar-refractivity contribution in [1.82, 2.24) is 4.57 Å². The Labute approximate surface area is 171 Å². The average molecular weight is 460 g/mol. The summed E-state index contributed by atoms with van der Waals surface area (Å²) in [5, 5.41) is 0.